The number of rotatable bonds is 2. The predicted octanol–water partition coefficient (Wildman–Crippen LogP) is 5.23. The Kier molecular flexibility index (Phi) is 14.5. The number of amides is 1. The van der Waals surface area contributed by atoms with Crippen LogP contribution in [-0.4, -0.2) is 19.5 Å². The van der Waals surface area contributed by atoms with Crippen LogP contribution in [-0.2, 0) is 9.59 Å². The van der Waals surface area contributed by atoms with Crippen molar-refractivity contribution in [2.75, 3.05) is 5.32 Å². The Morgan fingerprint density at radius 1 is 1.00 bits per heavy atom. The first kappa shape index (κ1) is 25.6. The van der Waals surface area contributed by atoms with Crippen LogP contribution in [0.2, 0.25) is 5.02 Å². The summed E-state index contributed by atoms with van der Waals surface area (Å²) in [5.41, 5.74) is 1.07. The number of nitrogens with one attached hydrogen (secondary N) is 1. The first-order chi connectivity index (χ1) is 12.4. The van der Waals surface area contributed by atoms with E-state index >= 15 is 0 Å². The van der Waals surface area contributed by atoms with E-state index in [1.807, 2.05) is 13.6 Å². The van der Waals surface area contributed by atoms with Gasteiger partial charge in [0.25, 0.3) is 5.91 Å². The Morgan fingerprint density at radius 2 is 1.50 bits per heavy atom. The van der Waals surface area contributed by atoms with Crippen molar-refractivity contribution in [3.8, 4) is 0 Å². The standard InChI is InChI=1S/C14H10ClF2NO.C3H8.2CH2O/c1-8-6-9(2-4-12(8)16)14(19)18-10-3-5-13(17)11(15)7-10;1-3-2;2*1-2/h2-7H,1H3,(H,18,19);3H2,1-2H3;2*1H2. The fraction of sp³-hybridized carbons (Fsp3) is 0.211. The smallest absolute Gasteiger partial charge is 0.255 e. The van der Waals surface area contributed by atoms with Gasteiger partial charge in [-0.1, -0.05) is 31.9 Å². The zero-order valence-corrected chi connectivity index (χ0v) is 15.7. The number of aryl methyl sites for hydroxylation is 1. The van der Waals surface area contributed by atoms with Gasteiger partial charge in [-0.15, -0.1) is 0 Å². The lowest BCUT2D eigenvalue weighted by atomic mass is 10.1. The van der Waals surface area contributed by atoms with E-state index in [-0.39, 0.29) is 10.8 Å². The SMILES string of the molecule is C=O.C=O.CCC.Cc1cc(C(=O)Nc2ccc(F)c(Cl)c2)ccc1F. The minimum Gasteiger partial charge on any atom is -0.322 e. The van der Waals surface area contributed by atoms with Gasteiger partial charge in [-0.25, -0.2) is 8.78 Å². The molecule has 0 fully saturated rings. The van der Waals surface area contributed by atoms with Gasteiger partial charge in [0.15, 0.2) is 0 Å². The van der Waals surface area contributed by atoms with Gasteiger partial charge in [-0.05, 0) is 48.9 Å². The molecule has 0 aromatic heterocycles. The summed E-state index contributed by atoms with van der Waals surface area (Å²) in [6.45, 7) is 9.82. The molecule has 1 amide bonds. The Balaban J connectivity index is 0. The molecular formula is C19H22ClF2NO3. The second-order valence-corrected chi connectivity index (χ2v) is 5.16. The molecule has 0 bridgehead atoms. The molecule has 0 heterocycles. The van der Waals surface area contributed by atoms with Crippen molar-refractivity contribution in [3.63, 3.8) is 0 Å². The van der Waals surface area contributed by atoms with Gasteiger partial charge in [-0.2, -0.15) is 0 Å². The molecule has 0 aliphatic heterocycles. The monoisotopic (exact) mass is 385 g/mol. The quantitative estimate of drug-likeness (QED) is 0.770. The molecule has 26 heavy (non-hydrogen) atoms. The molecule has 0 saturated heterocycles. The molecule has 0 saturated carbocycles. The summed E-state index contributed by atoms with van der Waals surface area (Å²) in [4.78, 5) is 27.9. The highest BCUT2D eigenvalue weighted by Crippen LogP contribution is 2.20. The van der Waals surface area contributed by atoms with Crippen LogP contribution in [0.1, 0.15) is 36.2 Å². The van der Waals surface area contributed by atoms with Crippen LogP contribution in [0.15, 0.2) is 36.4 Å². The molecule has 2 aromatic carbocycles. The summed E-state index contributed by atoms with van der Waals surface area (Å²) < 4.78 is 26.1. The summed E-state index contributed by atoms with van der Waals surface area (Å²) >= 11 is 5.61. The molecule has 0 aliphatic rings. The highest BCUT2D eigenvalue weighted by molar-refractivity contribution is 6.31. The number of halogens is 3. The summed E-state index contributed by atoms with van der Waals surface area (Å²) in [6, 6.07) is 7.91. The van der Waals surface area contributed by atoms with Crippen molar-refractivity contribution in [2.24, 2.45) is 0 Å². The normalized spacial score (nSPS) is 8.54. The Labute approximate surface area is 157 Å². The van der Waals surface area contributed by atoms with Gasteiger partial charge in [-0.3, -0.25) is 4.79 Å². The third-order valence-electron chi connectivity index (χ3n) is 2.60. The summed E-state index contributed by atoms with van der Waals surface area (Å²) in [7, 11) is 0. The van der Waals surface area contributed by atoms with E-state index in [2.05, 4.69) is 19.2 Å². The molecule has 0 unspecified atom stereocenters. The predicted molar refractivity (Wildman–Crippen MR) is 101 cm³/mol. The van der Waals surface area contributed by atoms with Crippen LogP contribution in [0.4, 0.5) is 14.5 Å². The molecule has 2 rings (SSSR count). The molecule has 7 heteroatoms. The van der Waals surface area contributed by atoms with Gasteiger partial charge in [0, 0.05) is 11.3 Å². The first-order valence-corrected chi connectivity index (χ1v) is 7.87. The summed E-state index contributed by atoms with van der Waals surface area (Å²) in [5, 5.41) is 2.48. The minimum atomic E-state index is -0.558. The molecule has 0 spiro atoms. The molecule has 2 aromatic rings. The summed E-state index contributed by atoms with van der Waals surface area (Å²) in [6.07, 6.45) is 1.25. The number of hydrogen-bond acceptors (Lipinski definition) is 3. The van der Waals surface area contributed by atoms with Crippen LogP contribution in [0, 0.1) is 18.6 Å². The van der Waals surface area contributed by atoms with E-state index in [9.17, 15) is 13.6 Å². The van der Waals surface area contributed by atoms with Gasteiger partial charge in [0.05, 0.1) is 5.02 Å². The second-order valence-electron chi connectivity index (χ2n) is 4.75. The number of hydrogen-bond donors (Lipinski definition) is 1. The van der Waals surface area contributed by atoms with Gasteiger partial charge in [0.2, 0.25) is 0 Å². The van der Waals surface area contributed by atoms with Crippen molar-refractivity contribution in [2.45, 2.75) is 27.2 Å². The lowest BCUT2D eigenvalue weighted by Crippen LogP contribution is -2.12. The molecule has 0 atom stereocenters. The van der Waals surface area contributed by atoms with E-state index in [4.69, 9.17) is 21.2 Å². The van der Waals surface area contributed by atoms with Crippen LogP contribution >= 0.6 is 11.6 Å². The van der Waals surface area contributed by atoms with E-state index in [0.29, 0.717) is 16.8 Å². The molecule has 0 aliphatic carbocycles. The highest BCUT2D eigenvalue weighted by atomic mass is 35.5. The van der Waals surface area contributed by atoms with Crippen molar-refractivity contribution in [1.82, 2.24) is 0 Å². The Hall–Kier alpha value is -2.60. The number of anilines is 1. The first-order valence-electron chi connectivity index (χ1n) is 7.49. The van der Waals surface area contributed by atoms with Gasteiger partial charge in [0.1, 0.15) is 25.2 Å². The van der Waals surface area contributed by atoms with E-state index in [1.54, 1.807) is 6.92 Å². The molecular weight excluding hydrogens is 364 g/mol. The maximum atomic E-state index is 13.1. The topological polar surface area (TPSA) is 63.2 Å². The number of benzene rings is 2. The number of carbonyl (C=O) groups excluding carboxylic acids is 3. The second kappa shape index (κ2) is 14.7. The largest absolute Gasteiger partial charge is 0.322 e. The Bertz CT molecular complexity index is 694. The fourth-order valence-corrected chi connectivity index (χ4v) is 1.74. The van der Waals surface area contributed by atoms with Crippen molar-refractivity contribution in [3.05, 3.63) is 64.2 Å². The minimum absolute atomic E-state index is 0.0758. The maximum Gasteiger partial charge on any atom is 0.255 e. The van der Waals surface area contributed by atoms with Crippen LogP contribution in [0.5, 0.6) is 0 Å². The zero-order valence-electron chi connectivity index (χ0n) is 14.9. The van der Waals surface area contributed by atoms with E-state index in [0.717, 1.165) is 6.07 Å². The van der Waals surface area contributed by atoms with E-state index in [1.165, 1.54) is 36.8 Å². The van der Waals surface area contributed by atoms with Crippen molar-refractivity contribution < 1.29 is 23.2 Å². The van der Waals surface area contributed by atoms with E-state index < -0.39 is 11.7 Å². The molecule has 4 nitrogen and oxygen atoms in total. The third-order valence-corrected chi connectivity index (χ3v) is 2.89. The van der Waals surface area contributed by atoms with Gasteiger partial charge >= 0.3 is 0 Å². The molecule has 1 N–H and O–H groups in total. The van der Waals surface area contributed by atoms with Crippen molar-refractivity contribution >= 4 is 36.8 Å². The Morgan fingerprint density at radius 3 is 1.96 bits per heavy atom. The average molecular weight is 386 g/mol. The van der Waals surface area contributed by atoms with Crippen LogP contribution in [0.3, 0.4) is 0 Å². The third kappa shape index (κ3) is 9.03. The lowest BCUT2D eigenvalue weighted by molar-refractivity contribution is -0.0987. The lowest BCUT2D eigenvalue weighted by Gasteiger charge is -2.07. The number of carbonyl (C=O) groups is 3. The molecule has 142 valence electrons. The summed E-state index contributed by atoms with van der Waals surface area (Å²) in [5.74, 6) is -1.34. The van der Waals surface area contributed by atoms with Crippen LogP contribution < -0.4 is 5.32 Å². The molecule has 0 radical (unpaired) electrons. The maximum absolute atomic E-state index is 13.1. The highest BCUT2D eigenvalue weighted by Gasteiger charge is 2.09. The fourth-order valence-electron chi connectivity index (χ4n) is 1.56. The average Bonchev–Trinajstić information content (AvgIpc) is 2.64. The zero-order chi connectivity index (χ0) is 20.7. The van der Waals surface area contributed by atoms with Crippen molar-refractivity contribution in [1.29, 1.82) is 0 Å². The van der Waals surface area contributed by atoms with Gasteiger partial charge < -0.3 is 14.9 Å². The van der Waals surface area contributed by atoms with Crippen LogP contribution in [0.25, 0.3) is 0 Å².